The number of carbonyl (C=O) groups excluding carboxylic acids is 3. The predicted octanol–water partition coefficient (Wildman–Crippen LogP) is 0.514. The summed E-state index contributed by atoms with van der Waals surface area (Å²) in [6.07, 6.45) is -14.4. The molecule has 0 N–H and O–H groups in total. The third kappa shape index (κ3) is 3.26. The zero-order valence-electron chi connectivity index (χ0n) is 10.4. The van der Waals surface area contributed by atoms with Gasteiger partial charge in [-0.1, -0.05) is 0 Å². The van der Waals surface area contributed by atoms with E-state index in [0.717, 1.165) is 0 Å². The first-order valence-corrected chi connectivity index (χ1v) is 5.14. The Hall–Kier alpha value is -1.99. The predicted molar refractivity (Wildman–Crippen MR) is 50.5 cm³/mol. The van der Waals surface area contributed by atoms with Crippen molar-refractivity contribution in [1.82, 2.24) is 0 Å². The summed E-state index contributed by atoms with van der Waals surface area (Å²) in [7, 11) is -2.33. The van der Waals surface area contributed by atoms with Crippen LogP contribution < -0.4 is 0 Å². The lowest BCUT2D eigenvalue weighted by Gasteiger charge is -2.39. The first kappa shape index (κ1) is 18.1. The lowest BCUT2D eigenvalue weighted by molar-refractivity contribution is -0.368. The molecule has 124 valence electrons. The second-order valence-corrected chi connectivity index (χ2v) is 3.79. The fraction of sp³-hybridized carbons (Fsp3) is 0.625. The zero-order valence-corrected chi connectivity index (χ0v) is 10.4. The molecule has 1 aliphatic heterocycles. The van der Waals surface area contributed by atoms with Crippen molar-refractivity contribution in [2.75, 3.05) is 7.11 Å². The van der Waals surface area contributed by atoms with Gasteiger partial charge in [-0.2, -0.15) is 26.3 Å². The smallest absolute Gasteiger partial charge is 0.473 e. The van der Waals surface area contributed by atoms with E-state index in [2.05, 4.69) is 18.7 Å². The van der Waals surface area contributed by atoms with Crippen molar-refractivity contribution in [2.24, 2.45) is 0 Å². The summed E-state index contributed by atoms with van der Waals surface area (Å²) in [6, 6.07) is 0. The van der Waals surface area contributed by atoms with E-state index >= 15 is 0 Å². The summed E-state index contributed by atoms with van der Waals surface area (Å²) in [4.78, 5) is 32.6. The monoisotopic (exact) mass is 338 g/mol. The van der Waals surface area contributed by atoms with E-state index in [4.69, 9.17) is 0 Å². The van der Waals surface area contributed by atoms with Gasteiger partial charge in [0.15, 0.2) is 0 Å². The van der Waals surface area contributed by atoms with Gasteiger partial charge in [-0.15, -0.1) is 0 Å². The third-order valence-corrected chi connectivity index (χ3v) is 2.39. The molecule has 1 heterocycles. The lowest BCUT2D eigenvalue weighted by atomic mass is 9.92. The molecule has 0 spiro atoms. The summed E-state index contributed by atoms with van der Waals surface area (Å²) in [5.74, 6) is -5.76. The molecular weight excluding hydrogens is 333 g/mol. The van der Waals surface area contributed by atoms with Crippen LogP contribution in [0.4, 0.5) is 26.3 Å². The number of alkyl halides is 6. The molecule has 0 atom stereocenters. The minimum atomic E-state index is -6.07. The number of carbonyl (C=O) groups is 3. The Kier molecular flexibility index (Phi) is 4.65. The van der Waals surface area contributed by atoms with Gasteiger partial charge in [-0.25, -0.2) is 9.59 Å². The summed E-state index contributed by atoms with van der Waals surface area (Å²) in [5.41, 5.74) is -4.93. The Morgan fingerprint density at radius 2 is 1.64 bits per heavy atom. The topological polar surface area (TPSA) is 88.1 Å². The molecule has 0 aromatic heterocycles. The van der Waals surface area contributed by atoms with Gasteiger partial charge < -0.3 is 18.7 Å². The van der Waals surface area contributed by atoms with Crippen LogP contribution in [0.15, 0.2) is 0 Å². The van der Waals surface area contributed by atoms with Gasteiger partial charge in [0.2, 0.25) is 0 Å². The average Bonchev–Trinajstić information content (AvgIpc) is 2.34. The minimum Gasteiger partial charge on any atom is -0.473 e. The Morgan fingerprint density at radius 1 is 1.14 bits per heavy atom. The summed E-state index contributed by atoms with van der Waals surface area (Å²) in [5, 5.41) is 0. The van der Waals surface area contributed by atoms with E-state index in [1.165, 1.54) is 0 Å². The minimum absolute atomic E-state index is 0.688. The van der Waals surface area contributed by atoms with Crippen LogP contribution in [-0.2, 0) is 33.1 Å². The number of rotatable bonds is 1. The van der Waals surface area contributed by atoms with Crippen molar-refractivity contribution >= 4 is 25.2 Å². The highest BCUT2D eigenvalue weighted by molar-refractivity contribution is 6.47. The van der Waals surface area contributed by atoms with Crippen LogP contribution in [0.25, 0.3) is 0 Å². The second kappa shape index (κ2) is 5.66. The highest BCUT2D eigenvalue weighted by Crippen LogP contribution is 2.50. The van der Waals surface area contributed by atoms with Gasteiger partial charge in [0.25, 0.3) is 11.6 Å². The molecule has 0 aromatic rings. The van der Waals surface area contributed by atoms with Gasteiger partial charge >= 0.3 is 31.6 Å². The molecule has 1 rings (SSSR count). The first-order chi connectivity index (χ1) is 9.84. The zero-order chi connectivity index (χ0) is 17.3. The normalized spacial score (nSPS) is 18.5. The van der Waals surface area contributed by atoms with Crippen LogP contribution in [0.1, 0.15) is 6.42 Å². The Morgan fingerprint density at radius 3 is 2.05 bits per heavy atom. The van der Waals surface area contributed by atoms with Crippen molar-refractivity contribution < 1.29 is 59.4 Å². The molecule has 1 aliphatic rings. The molecule has 1 saturated heterocycles. The van der Waals surface area contributed by atoms with Crippen LogP contribution in [0.5, 0.6) is 0 Å². The number of ether oxygens (including phenoxy) is 1. The quantitative estimate of drug-likeness (QED) is 0.298. The van der Waals surface area contributed by atoms with Crippen LogP contribution in [0, 0.1) is 0 Å². The molecule has 0 unspecified atom stereocenters. The highest BCUT2D eigenvalue weighted by Gasteiger charge is 2.76. The molecule has 7 nitrogen and oxygen atoms in total. The van der Waals surface area contributed by atoms with Gasteiger partial charge in [0.05, 0.1) is 13.5 Å². The van der Waals surface area contributed by atoms with Crippen molar-refractivity contribution in [3.63, 3.8) is 0 Å². The standard InChI is InChI=1S/C8H5BF6O7/c1-19-4(17)5(18)21-9-20-3(16)2-6(22-9,7(10,11)12)8(13,14)15/h2H2,1H3. The molecule has 0 saturated carbocycles. The molecule has 14 heteroatoms. The van der Waals surface area contributed by atoms with E-state index in [-0.39, 0.29) is 0 Å². The summed E-state index contributed by atoms with van der Waals surface area (Å²) in [6.45, 7) is 0. The molecule has 0 amide bonds. The number of halogens is 6. The first-order valence-electron chi connectivity index (χ1n) is 5.14. The second-order valence-electron chi connectivity index (χ2n) is 3.79. The van der Waals surface area contributed by atoms with E-state index in [1.54, 1.807) is 0 Å². The maximum absolute atomic E-state index is 12.7. The number of esters is 1. The van der Waals surface area contributed by atoms with Gasteiger partial charge in [-0.3, -0.25) is 4.79 Å². The largest absolute Gasteiger partial charge is 0.793 e. The van der Waals surface area contributed by atoms with Crippen LogP contribution in [-0.4, -0.2) is 50.3 Å². The number of hydrogen-bond donors (Lipinski definition) is 0. The molecule has 0 radical (unpaired) electrons. The SMILES string of the molecule is COC(=O)C(=O)OB1OC(=O)CC(C(F)(F)F)(C(F)(F)F)O1. The average molecular weight is 338 g/mol. The van der Waals surface area contributed by atoms with Gasteiger partial charge in [0.1, 0.15) is 0 Å². The van der Waals surface area contributed by atoms with Crippen molar-refractivity contribution in [2.45, 2.75) is 24.4 Å². The Labute approximate surface area is 117 Å². The molecule has 22 heavy (non-hydrogen) atoms. The molecular formula is C8H5BF6O7. The maximum Gasteiger partial charge on any atom is 0.793 e. The van der Waals surface area contributed by atoms with E-state index in [1.807, 2.05) is 0 Å². The summed E-state index contributed by atoms with van der Waals surface area (Å²) < 4.78 is 91.4. The Bertz CT molecular complexity index is 472. The molecule has 0 bridgehead atoms. The fourth-order valence-electron chi connectivity index (χ4n) is 1.34. The molecule has 0 aromatic carbocycles. The van der Waals surface area contributed by atoms with Crippen LogP contribution in [0.2, 0.25) is 0 Å². The van der Waals surface area contributed by atoms with Crippen molar-refractivity contribution in [3.05, 3.63) is 0 Å². The van der Waals surface area contributed by atoms with E-state index in [9.17, 15) is 40.7 Å². The van der Waals surface area contributed by atoms with Crippen molar-refractivity contribution in [1.29, 1.82) is 0 Å². The van der Waals surface area contributed by atoms with Gasteiger partial charge in [-0.05, 0) is 0 Å². The van der Waals surface area contributed by atoms with Crippen molar-refractivity contribution in [3.8, 4) is 0 Å². The van der Waals surface area contributed by atoms with Gasteiger partial charge in [0, 0.05) is 0 Å². The van der Waals surface area contributed by atoms with Crippen LogP contribution >= 0.6 is 0 Å². The fourth-order valence-corrected chi connectivity index (χ4v) is 1.34. The molecule has 0 aliphatic carbocycles. The van der Waals surface area contributed by atoms with Crippen LogP contribution in [0.3, 0.4) is 0 Å². The summed E-state index contributed by atoms with van der Waals surface area (Å²) >= 11 is 0. The third-order valence-electron chi connectivity index (χ3n) is 2.39. The lowest BCUT2D eigenvalue weighted by Crippen LogP contribution is -2.65. The number of methoxy groups -OCH3 is 1. The highest BCUT2D eigenvalue weighted by atomic mass is 19.4. The van der Waals surface area contributed by atoms with E-state index < -0.39 is 49.6 Å². The maximum atomic E-state index is 12.7. The van der Waals surface area contributed by atoms with E-state index in [0.29, 0.717) is 7.11 Å². The Balaban J connectivity index is 3.10. The number of hydrogen-bond acceptors (Lipinski definition) is 7. The molecule has 1 fully saturated rings.